The van der Waals surface area contributed by atoms with Crippen LogP contribution in [-0.4, -0.2) is 17.7 Å². The molecule has 1 unspecified atom stereocenters. The van der Waals surface area contributed by atoms with Crippen molar-refractivity contribution in [2.45, 2.75) is 25.4 Å². The quantitative estimate of drug-likeness (QED) is 0.572. The fourth-order valence-electron chi connectivity index (χ4n) is 1.80. The highest BCUT2D eigenvalue weighted by Gasteiger charge is 2.28. The molecule has 1 fully saturated rings. The molecule has 0 aliphatic heterocycles. The minimum absolute atomic E-state index is 0.00720. The number of Topliss-reactive ketones (excluding diaryl/α,β-unsaturated/α-hetero) is 2. The van der Waals surface area contributed by atoms with Gasteiger partial charge in [-0.05, 0) is 24.6 Å². The van der Waals surface area contributed by atoms with Crippen LogP contribution in [0.2, 0.25) is 0 Å². The van der Waals surface area contributed by atoms with Gasteiger partial charge in [0, 0.05) is 12.0 Å². The summed E-state index contributed by atoms with van der Waals surface area (Å²) in [6.45, 7) is 0. The first-order valence-corrected chi connectivity index (χ1v) is 5.47. The Labute approximate surface area is 99.8 Å². The summed E-state index contributed by atoms with van der Waals surface area (Å²) in [5.41, 5.74) is 0.710. The molecule has 0 N–H and O–H groups in total. The topological polar surface area (TPSA) is 43.4 Å². The van der Waals surface area contributed by atoms with Crippen LogP contribution in [0, 0.1) is 12.3 Å². The molecule has 0 heterocycles. The van der Waals surface area contributed by atoms with Gasteiger partial charge in [-0.3, -0.25) is 9.59 Å². The molecule has 3 heteroatoms. The minimum Gasteiger partial charge on any atom is -0.483 e. The van der Waals surface area contributed by atoms with Gasteiger partial charge in [-0.25, -0.2) is 0 Å². The van der Waals surface area contributed by atoms with Gasteiger partial charge < -0.3 is 4.74 Å². The summed E-state index contributed by atoms with van der Waals surface area (Å²) in [6, 6.07) is 7.04. The van der Waals surface area contributed by atoms with Crippen molar-refractivity contribution in [3.05, 3.63) is 29.8 Å². The van der Waals surface area contributed by atoms with Gasteiger partial charge in [-0.1, -0.05) is 12.0 Å². The zero-order chi connectivity index (χ0) is 12.3. The maximum atomic E-state index is 11.6. The standard InChI is InChI=1S/C14H12O3/c1-2-10-4-3-5-12(8-10)17-14-7-6-11(15)9-13(14)16/h1,3-5,8,14H,6-7,9H2. The normalized spacial score (nSPS) is 19.8. The van der Waals surface area contributed by atoms with Crippen LogP contribution in [0.5, 0.6) is 5.75 Å². The molecule has 0 amide bonds. The minimum atomic E-state index is -0.513. The fraction of sp³-hybridized carbons (Fsp3) is 0.286. The summed E-state index contributed by atoms with van der Waals surface area (Å²) in [6.07, 6.45) is 5.62. The molecule has 0 saturated heterocycles. The SMILES string of the molecule is C#Cc1cccc(OC2CCC(=O)CC2=O)c1. The molecule has 1 saturated carbocycles. The predicted octanol–water partition coefficient (Wildman–Crippen LogP) is 1.74. The molecule has 17 heavy (non-hydrogen) atoms. The molecule has 1 aliphatic rings. The number of carbonyl (C=O) groups excluding carboxylic acids is 2. The second-order valence-electron chi connectivity index (χ2n) is 4.00. The van der Waals surface area contributed by atoms with Crippen LogP contribution in [-0.2, 0) is 9.59 Å². The summed E-state index contributed by atoms with van der Waals surface area (Å²) in [4.78, 5) is 22.6. The van der Waals surface area contributed by atoms with E-state index in [2.05, 4.69) is 5.92 Å². The largest absolute Gasteiger partial charge is 0.483 e. The van der Waals surface area contributed by atoms with Crippen molar-refractivity contribution in [1.29, 1.82) is 0 Å². The van der Waals surface area contributed by atoms with Crippen LogP contribution >= 0.6 is 0 Å². The number of rotatable bonds is 2. The summed E-state index contributed by atoms with van der Waals surface area (Å²) in [5, 5.41) is 0. The van der Waals surface area contributed by atoms with Crippen molar-refractivity contribution in [2.24, 2.45) is 0 Å². The monoisotopic (exact) mass is 228 g/mol. The van der Waals surface area contributed by atoms with Crippen LogP contribution in [0.3, 0.4) is 0 Å². The van der Waals surface area contributed by atoms with E-state index < -0.39 is 6.10 Å². The maximum absolute atomic E-state index is 11.6. The van der Waals surface area contributed by atoms with E-state index in [0.717, 1.165) is 0 Å². The second-order valence-corrected chi connectivity index (χ2v) is 4.00. The van der Waals surface area contributed by atoms with Gasteiger partial charge in [0.2, 0.25) is 0 Å². The number of hydrogen-bond acceptors (Lipinski definition) is 3. The number of carbonyl (C=O) groups is 2. The first-order chi connectivity index (χ1) is 8.19. The van der Waals surface area contributed by atoms with Crippen LogP contribution in [0.15, 0.2) is 24.3 Å². The summed E-state index contributed by atoms with van der Waals surface area (Å²) >= 11 is 0. The number of ether oxygens (including phenoxy) is 1. The van der Waals surface area contributed by atoms with Crippen LogP contribution in [0.25, 0.3) is 0 Å². The Morgan fingerprint density at radius 3 is 2.88 bits per heavy atom. The Hall–Kier alpha value is -2.08. The summed E-state index contributed by atoms with van der Waals surface area (Å²) in [5.74, 6) is 2.93. The van der Waals surface area contributed by atoms with E-state index in [0.29, 0.717) is 24.2 Å². The fourth-order valence-corrected chi connectivity index (χ4v) is 1.80. The van der Waals surface area contributed by atoms with E-state index in [9.17, 15) is 9.59 Å². The molecule has 0 spiro atoms. The molecular formula is C14H12O3. The van der Waals surface area contributed by atoms with Gasteiger partial charge in [0.1, 0.15) is 11.5 Å². The molecule has 0 aromatic heterocycles. The van der Waals surface area contributed by atoms with Gasteiger partial charge in [-0.15, -0.1) is 6.42 Å². The van der Waals surface area contributed by atoms with E-state index in [1.807, 2.05) is 0 Å². The highest BCUT2D eigenvalue weighted by Crippen LogP contribution is 2.20. The van der Waals surface area contributed by atoms with Gasteiger partial charge in [0.15, 0.2) is 11.9 Å². The summed E-state index contributed by atoms with van der Waals surface area (Å²) in [7, 11) is 0. The Morgan fingerprint density at radius 1 is 1.35 bits per heavy atom. The van der Waals surface area contributed by atoms with E-state index >= 15 is 0 Å². The molecular weight excluding hydrogens is 216 g/mol. The number of ketones is 2. The highest BCUT2D eigenvalue weighted by atomic mass is 16.5. The highest BCUT2D eigenvalue weighted by molar-refractivity contribution is 6.03. The molecule has 1 atom stereocenters. The van der Waals surface area contributed by atoms with E-state index in [4.69, 9.17) is 11.2 Å². The Kier molecular flexibility index (Phi) is 3.24. The van der Waals surface area contributed by atoms with Crippen molar-refractivity contribution in [3.8, 4) is 18.1 Å². The van der Waals surface area contributed by atoms with Crippen molar-refractivity contribution in [3.63, 3.8) is 0 Å². The third kappa shape index (κ3) is 2.73. The molecule has 1 aromatic carbocycles. The second kappa shape index (κ2) is 4.84. The molecule has 1 aromatic rings. The van der Waals surface area contributed by atoms with Gasteiger partial charge in [-0.2, -0.15) is 0 Å². The van der Waals surface area contributed by atoms with Crippen molar-refractivity contribution in [2.75, 3.05) is 0 Å². The van der Waals surface area contributed by atoms with Crippen LogP contribution in [0.4, 0.5) is 0 Å². The maximum Gasteiger partial charge on any atom is 0.180 e. The third-order valence-corrected chi connectivity index (χ3v) is 2.69. The molecule has 0 radical (unpaired) electrons. The number of terminal acetylenes is 1. The lowest BCUT2D eigenvalue weighted by Crippen LogP contribution is -2.34. The average Bonchev–Trinajstić information content (AvgIpc) is 2.33. The lowest BCUT2D eigenvalue weighted by molar-refractivity contribution is -0.135. The zero-order valence-electron chi connectivity index (χ0n) is 9.31. The van der Waals surface area contributed by atoms with Gasteiger partial charge in [0.25, 0.3) is 0 Å². The molecule has 3 nitrogen and oxygen atoms in total. The molecule has 2 rings (SSSR count). The molecule has 0 bridgehead atoms. The van der Waals surface area contributed by atoms with Crippen LogP contribution < -0.4 is 4.74 Å². The average molecular weight is 228 g/mol. The van der Waals surface area contributed by atoms with Crippen molar-refractivity contribution in [1.82, 2.24) is 0 Å². The summed E-state index contributed by atoms with van der Waals surface area (Å²) < 4.78 is 5.56. The molecule has 86 valence electrons. The van der Waals surface area contributed by atoms with Gasteiger partial charge >= 0.3 is 0 Å². The first-order valence-electron chi connectivity index (χ1n) is 5.47. The van der Waals surface area contributed by atoms with Crippen molar-refractivity contribution >= 4 is 11.6 Å². The Morgan fingerprint density at radius 2 is 2.18 bits per heavy atom. The third-order valence-electron chi connectivity index (χ3n) is 2.69. The predicted molar refractivity (Wildman–Crippen MR) is 62.7 cm³/mol. The van der Waals surface area contributed by atoms with Gasteiger partial charge in [0.05, 0.1) is 6.42 Å². The first kappa shape index (κ1) is 11.4. The smallest absolute Gasteiger partial charge is 0.180 e. The zero-order valence-corrected chi connectivity index (χ0v) is 9.31. The van der Waals surface area contributed by atoms with Crippen molar-refractivity contribution < 1.29 is 14.3 Å². The van der Waals surface area contributed by atoms with E-state index in [1.165, 1.54) is 0 Å². The Bertz CT molecular complexity index is 496. The lowest BCUT2D eigenvalue weighted by atomic mass is 9.95. The van der Waals surface area contributed by atoms with Crippen LogP contribution in [0.1, 0.15) is 24.8 Å². The number of benzene rings is 1. The molecule has 1 aliphatic carbocycles. The lowest BCUT2D eigenvalue weighted by Gasteiger charge is -2.21. The Balaban J connectivity index is 2.08. The van der Waals surface area contributed by atoms with E-state index in [-0.39, 0.29) is 18.0 Å². The number of hydrogen-bond donors (Lipinski definition) is 0. The van der Waals surface area contributed by atoms with E-state index in [1.54, 1.807) is 24.3 Å².